The van der Waals surface area contributed by atoms with E-state index in [1.807, 2.05) is 18.5 Å². The van der Waals surface area contributed by atoms with Crippen LogP contribution in [0.3, 0.4) is 0 Å². The maximum Gasteiger partial charge on any atom is 0.228 e. The number of nitrogens with zero attached hydrogens (tertiary/aromatic N) is 6. The Labute approximate surface area is 230 Å². The van der Waals surface area contributed by atoms with Gasteiger partial charge in [0.15, 0.2) is 0 Å². The molecule has 0 bridgehead atoms. The lowest BCUT2D eigenvalue weighted by molar-refractivity contribution is 0.153. The van der Waals surface area contributed by atoms with Crippen molar-refractivity contribution in [2.24, 2.45) is 0 Å². The van der Waals surface area contributed by atoms with E-state index in [9.17, 15) is 0 Å². The van der Waals surface area contributed by atoms with E-state index in [4.69, 9.17) is 9.97 Å². The summed E-state index contributed by atoms with van der Waals surface area (Å²) in [5.74, 6) is 1.93. The Morgan fingerprint density at radius 2 is 1.79 bits per heavy atom. The first-order valence-corrected chi connectivity index (χ1v) is 15.0. The van der Waals surface area contributed by atoms with Gasteiger partial charge < -0.3 is 20.4 Å². The molecular formula is C29H40N8S. The molecule has 3 aromatic heterocycles. The van der Waals surface area contributed by atoms with E-state index >= 15 is 0 Å². The van der Waals surface area contributed by atoms with Crippen molar-refractivity contribution in [2.45, 2.75) is 50.5 Å². The molecule has 1 saturated carbocycles. The molecule has 38 heavy (non-hydrogen) atoms. The van der Waals surface area contributed by atoms with Crippen LogP contribution in [0.15, 0.2) is 31.1 Å². The maximum atomic E-state index is 5.01. The van der Waals surface area contributed by atoms with Gasteiger partial charge in [0, 0.05) is 57.6 Å². The molecule has 9 heteroatoms. The minimum Gasteiger partial charge on any atom is -0.377 e. The van der Waals surface area contributed by atoms with E-state index in [0.717, 1.165) is 67.0 Å². The summed E-state index contributed by atoms with van der Waals surface area (Å²) < 4.78 is 1.13. The highest BCUT2D eigenvalue weighted by molar-refractivity contribution is 7.20. The number of hydrogen-bond donors (Lipinski definition) is 2. The van der Waals surface area contributed by atoms with E-state index in [2.05, 4.69) is 57.1 Å². The fraction of sp³-hybridized carbons (Fsp3) is 0.552. The van der Waals surface area contributed by atoms with Crippen LogP contribution in [0.5, 0.6) is 0 Å². The molecule has 3 fully saturated rings. The van der Waals surface area contributed by atoms with Gasteiger partial charge in [-0.05, 0) is 56.8 Å². The summed E-state index contributed by atoms with van der Waals surface area (Å²) >= 11 is 1.77. The molecule has 2 saturated heterocycles. The minimum atomic E-state index is 0.547. The Bertz CT molecular complexity index is 1250. The summed E-state index contributed by atoms with van der Waals surface area (Å²) in [6.07, 6.45) is 11.5. The SMILES string of the molecule is C=C(c1sc2cnc(Nc3ccc(N4CCN(C5CCNCC5)CC4)cn3)nc2c1C1CCCC1)N(C)C. The first-order valence-electron chi connectivity index (χ1n) is 14.2. The maximum absolute atomic E-state index is 5.01. The molecule has 6 rings (SSSR count). The molecule has 0 aromatic carbocycles. The van der Waals surface area contributed by atoms with Crippen LogP contribution in [-0.2, 0) is 0 Å². The molecule has 1 aliphatic carbocycles. The first kappa shape index (κ1) is 25.5. The van der Waals surface area contributed by atoms with Crippen LogP contribution in [0.25, 0.3) is 15.9 Å². The Morgan fingerprint density at radius 1 is 1.03 bits per heavy atom. The monoisotopic (exact) mass is 532 g/mol. The lowest BCUT2D eigenvalue weighted by Crippen LogP contribution is -2.52. The number of anilines is 3. The van der Waals surface area contributed by atoms with Crippen LogP contribution >= 0.6 is 11.3 Å². The van der Waals surface area contributed by atoms with Crippen LogP contribution < -0.4 is 15.5 Å². The number of piperidine rings is 1. The standard InChI is InChI=1S/C29H40N8S/c1-20(35(2)3)28-26(21-6-4-5-7-21)27-24(38-28)19-32-29(34-27)33-25-9-8-23(18-31-25)37-16-14-36(15-17-37)22-10-12-30-13-11-22/h8-9,18-19,21-22,30H,1,4-7,10-17H2,2-3H3,(H,31,32,33,34). The van der Waals surface area contributed by atoms with Gasteiger partial charge in [-0.1, -0.05) is 19.4 Å². The topological polar surface area (TPSA) is 72.5 Å². The van der Waals surface area contributed by atoms with E-state index in [-0.39, 0.29) is 0 Å². The van der Waals surface area contributed by atoms with Gasteiger partial charge in [-0.15, -0.1) is 11.3 Å². The molecule has 0 atom stereocenters. The normalized spacial score (nSPS) is 19.8. The number of aromatic nitrogens is 3. The molecule has 0 amide bonds. The highest BCUT2D eigenvalue weighted by Gasteiger charge is 2.28. The van der Waals surface area contributed by atoms with Crippen molar-refractivity contribution < 1.29 is 0 Å². The van der Waals surface area contributed by atoms with Gasteiger partial charge in [0.2, 0.25) is 5.95 Å². The molecular weight excluding hydrogens is 492 g/mol. The molecule has 2 N–H and O–H groups in total. The van der Waals surface area contributed by atoms with E-state index < -0.39 is 0 Å². The first-order chi connectivity index (χ1) is 18.6. The number of pyridine rings is 1. The summed E-state index contributed by atoms with van der Waals surface area (Å²) in [5, 5.41) is 6.84. The summed E-state index contributed by atoms with van der Waals surface area (Å²) in [6.45, 7) is 11.0. The lowest BCUT2D eigenvalue weighted by Gasteiger charge is -2.41. The summed E-state index contributed by atoms with van der Waals surface area (Å²) in [6, 6.07) is 4.96. The molecule has 0 radical (unpaired) electrons. The van der Waals surface area contributed by atoms with Crippen LogP contribution in [0.4, 0.5) is 17.5 Å². The lowest BCUT2D eigenvalue weighted by atomic mass is 9.96. The quantitative estimate of drug-likeness (QED) is 0.446. The fourth-order valence-electron chi connectivity index (χ4n) is 6.26. The fourth-order valence-corrected chi connectivity index (χ4v) is 7.51. The molecule has 0 spiro atoms. The summed E-state index contributed by atoms with van der Waals surface area (Å²) in [4.78, 5) is 22.9. The molecule has 3 aliphatic rings. The Balaban J connectivity index is 1.16. The number of nitrogens with one attached hydrogen (secondary N) is 2. The van der Waals surface area contributed by atoms with E-state index in [0.29, 0.717) is 11.9 Å². The Kier molecular flexibility index (Phi) is 7.50. The number of hydrogen-bond acceptors (Lipinski definition) is 9. The second-order valence-electron chi connectivity index (χ2n) is 11.1. The molecule has 202 valence electrons. The van der Waals surface area contributed by atoms with Crippen LogP contribution in [0, 0.1) is 0 Å². The second-order valence-corrected chi connectivity index (χ2v) is 12.2. The van der Waals surface area contributed by atoms with Gasteiger partial charge in [-0.3, -0.25) is 4.90 Å². The predicted octanol–water partition coefficient (Wildman–Crippen LogP) is 4.89. The van der Waals surface area contributed by atoms with Crippen LogP contribution in [0.1, 0.15) is 54.9 Å². The van der Waals surface area contributed by atoms with Gasteiger partial charge in [0.05, 0.1) is 33.2 Å². The minimum absolute atomic E-state index is 0.547. The van der Waals surface area contributed by atoms with Gasteiger partial charge in [0.25, 0.3) is 0 Å². The number of piperazine rings is 1. The Morgan fingerprint density at radius 3 is 2.47 bits per heavy atom. The van der Waals surface area contributed by atoms with Crippen molar-refractivity contribution >= 4 is 44.7 Å². The van der Waals surface area contributed by atoms with Gasteiger partial charge >= 0.3 is 0 Å². The average Bonchev–Trinajstić information content (AvgIpc) is 3.61. The van der Waals surface area contributed by atoms with Gasteiger partial charge in [-0.2, -0.15) is 0 Å². The van der Waals surface area contributed by atoms with Crippen LogP contribution in [-0.4, -0.2) is 84.2 Å². The number of rotatable bonds is 7. The van der Waals surface area contributed by atoms with Crippen molar-refractivity contribution in [3.05, 3.63) is 41.5 Å². The van der Waals surface area contributed by atoms with Crippen molar-refractivity contribution in [2.75, 3.05) is 63.6 Å². The van der Waals surface area contributed by atoms with E-state index in [1.54, 1.807) is 11.3 Å². The third-order valence-electron chi connectivity index (χ3n) is 8.52. The zero-order valence-electron chi connectivity index (χ0n) is 22.7. The van der Waals surface area contributed by atoms with E-state index in [1.165, 1.54) is 54.7 Å². The highest BCUT2D eigenvalue weighted by Crippen LogP contribution is 2.45. The second kappa shape index (κ2) is 11.2. The average molecular weight is 533 g/mol. The largest absolute Gasteiger partial charge is 0.377 e. The predicted molar refractivity (Wildman–Crippen MR) is 159 cm³/mol. The molecule has 3 aromatic rings. The van der Waals surface area contributed by atoms with Gasteiger partial charge in [0.1, 0.15) is 5.82 Å². The Hall–Kier alpha value is -2.75. The summed E-state index contributed by atoms with van der Waals surface area (Å²) in [7, 11) is 4.13. The smallest absolute Gasteiger partial charge is 0.228 e. The van der Waals surface area contributed by atoms with Gasteiger partial charge in [-0.25, -0.2) is 15.0 Å². The zero-order chi connectivity index (χ0) is 26.1. The molecule has 2 aliphatic heterocycles. The van der Waals surface area contributed by atoms with Crippen molar-refractivity contribution in [1.29, 1.82) is 0 Å². The highest BCUT2D eigenvalue weighted by atomic mass is 32.1. The summed E-state index contributed by atoms with van der Waals surface area (Å²) in [5.41, 5.74) is 4.67. The molecule has 5 heterocycles. The number of thiophene rings is 1. The van der Waals surface area contributed by atoms with Crippen molar-refractivity contribution in [1.82, 2.24) is 30.1 Å². The van der Waals surface area contributed by atoms with Crippen molar-refractivity contribution in [3.63, 3.8) is 0 Å². The number of fused-ring (bicyclic) bond motifs is 1. The van der Waals surface area contributed by atoms with Crippen molar-refractivity contribution in [3.8, 4) is 0 Å². The van der Waals surface area contributed by atoms with Crippen LogP contribution in [0.2, 0.25) is 0 Å². The zero-order valence-corrected chi connectivity index (χ0v) is 23.6. The third-order valence-corrected chi connectivity index (χ3v) is 9.70. The third kappa shape index (κ3) is 5.24. The molecule has 8 nitrogen and oxygen atoms in total. The molecule has 0 unspecified atom stereocenters.